The molecule has 1 aromatic rings. The summed E-state index contributed by atoms with van der Waals surface area (Å²) in [6.07, 6.45) is 0. The molecular weight excluding hydrogens is 210 g/mol. The van der Waals surface area contributed by atoms with E-state index in [1.807, 2.05) is 25.1 Å². The quantitative estimate of drug-likeness (QED) is 0.695. The van der Waals surface area contributed by atoms with Crippen LogP contribution in [0.2, 0.25) is 0 Å². The van der Waals surface area contributed by atoms with Gasteiger partial charge in [-0.15, -0.1) is 0 Å². The molecule has 1 rings (SSSR count). The third kappa shape index (κ3) is 3.10. The summed E-state index contributed by atoms with van der Waals surface area (Å²) in [6, 6.07) is 5.70. The zero-order chi connectivity index (χ0) is 10.6. The van der Waals surface area contributed by atoms with E-state index in [0.717, 1.165) is 18.7 Å². The van der Waals surface area contributed by atoms with Crippen molar-refractivity contribution in [2.24, 2.45) is 0 Å². The van der Waals surface area contributed by atoms with Gasteiger partial charge in [-0.1, -0.05) is 0 Å². The van der Waals surface area contributed by atoms with E-state index in [-0.39, 0.29) is 12.4 Å². The maximum Gasteiger partial charge on any atom is 0.385 e. The Kier molecular flexibility index (Phi) is 5.73. The van der Waals surface area contributed by atoms with E-state index >= 15 is 0 Å². The van der Waals surface area contributed by atoms with Crippen molar-refractivity contribution in [3.63, 3.8) is 0 Å². The Morgan fingerprint density at radius 2 is 1.87 bits per heavy atom. The van der Waals surface area contributed by atoms with Crippen LogP contribution in [0.3, 0.4) is 0 Å². The van der Waals surface area contributed by atoms with Crippen molar-refractivity contribution in [2.45, 2.75) is 20.8 Å². The molecule has 0 aliphatic carbocycles. The first kappa shape index (κ1) is 13.7. The largest absolute Gasteiger partial charge is 1.00 e. The van der Waals surface area contributed by atoms with Gasteiger partial charge in [0.25, 0.3) is 0 Å². The minimum atomic E-state index is 0. The molecule has 0 heterocycles. The van der Waals surface area contributed by atoms with Gasteiger partial charge in [0.1, 0.15) is 0 Å². The van der Waals surface area contributed by atoms with Gasteiger partial charge in [-0.25, -0.2) is 0 Å². The van der Waals surface area contributed by atoms with Crippen molar-refractivity contribution in [3.05, 3.63) is 28.7 Å². The van der Waals surface area contributed by atoms with Gasteiger partial charge in [0, 0.05) is 30.9 Å². The number of halogens is 1. The molecule has 1 aromatic carbocycles. The van der Waals surface area contributed by atoms with E-state index < -0.39 is 0 Å². The summed E-state index contributed by atoms with van der Waals surface area (Å²) < 4.78 is 0. The normalized spacial score (nSPS) is 8.93. The average Bonchev–Trinajstić information content (AvgIpc) is 2.22. The first-order valence-electron chi connectivity index (χ1n) is 4.93. The van der Waals surface area contributed by atoms with Gasteiger partial charge in [0.2, 0.25) is 5.39 Å². The number of diazo groups is 1. The number of nitrogens with zero attached hydrogens (tertiary/aromatic N) is 3. The summed E-state index contributed by atoms with van der Waals surface area (Å²) in [7, 11) is 0. The van der Waals surface area contributed by atoms with E-state index in [4.69, 9.17) is 5.39 Å². The third-order valence-corrected chi connectivity index (χ3v) is 2.40. The van der Waals surface area contributed by atoms with Crippen LogP contribution in [0.25, 0.3) is 4.98 Å². The van der Waals surface area contributed by atoms with Crippen molar-refractivity contribution in [2.75, 3.05) is 18.0 Å². The van der Waals surface area contributed by atoms with E-state index in [1.165, 1.54) is 5.69 Å². The highest BCUT2D eigenvalue weighted by Gasteiger charge is 2.10. The molecule has 0 saturated carbocycles. The summed E-state index contributed by atoms with van der Waals surface area (Å²) in [5.41, 5.74) is 2.96. The Hall–Kier alpha value is -1.27. The highest BCUT2D eigenvalue weighted by Crippen LogP contribution is 2.24. The number of hydrogen-bond donors (Lipinski definition) is 0. The van der Waals surface area contributed by atoms with Crippen LogP contribution in [-0.2, 0) is 0 Å². The summed E-state index contributed by atoms with van der Waals surface area (Å²) in [5, 5.41) is 8.62. The average molecular weight is 226 g/mol. The second kappa shape index (κ2) is 6.26. The van der Waals surface area contributed by atoms with Crippen LogP contribution >= 0.6 is 0 Å². The van der Waals surface area contributed by atoms with Crippen LogP contribution in [0.15, 0.2) is 18.2 Å². The summed E-state index contributed by atoms with van der Waals surface area (Å²) in [5.74, 6) is 0. The molecule has 0 spiro atoms. The number of aryl methyl sites for hydroxylation is 1. The number of hydrogen-bond acceptors (Lipinski definition) is 2. The van der Waals surface area contributed by atoms with Crippen molar-refractivity contribution in [1.82, 2.24) is 0 Å². The molecule has 0 amide bonds. The fourth-order valence-electron chi connectivity index (χ4n) is 1.62. The first-order valence-corrected chi connectivity index (χ1v) is 4.93. The van der Waals surface area contributed by atoms with E-state index in [2.05, 4.69) is 23.7 Å². The molecule has 0 radical (unpaired) electrons. The Morgan fingerprint density at radius 3 is 2.27 bits per heavy atom. The lowest BCUT2D eigenvalue weighted by atomic mass is 10.1. The standard InChI is InChI=1S/C11H16N3.ClH/c1-4-14(5-2)11-7-6-10(13-12)8-9(11)3;/h6-8H,4-5H2,1-3H3;1H/q+1;/p-1. The molecule has 0 aliphatic heterocycles. The van der Waals surface area contributed by atoms with Crippen LogP contribution in [0.1, 0.15) is 19.4 Å². The van der Waals surface area contributed by atoms with Gasteiger partial charge in [-0.3, -0.25) is 0 Å². The second-order valence-corrected chi connectivity index (χ2v) is 3.24. The molecule has 0 unspecified atom stereocenters. The minimum absolute atomic E-state index is 0. The second-order valence-electron chi connectivity index (χ2n) is 3.24. The molecule has 0 aromatic heterocycles. The van der Waals surface area contributed by atoms with Gasteiger partial charge in [-0.2, -0.15) is 0 Å². The number of rotatable bonds is 3. The van der Waals surface area contributed by atoms with Gasteiger partial charge >= 0.3 is 5.69 Å². The molecule has 0 N–H and O–H groups in total. The lowest BCUT2D eigenvalue weighted by molar-refractivity contribution is -0.00000327. The maximum absolute atomic E-state index is 8.62. The molecule has 0 bridgehead atoms. The fourth-order valence-corrected chi connectivity index (χ4v) is 1.62. The van der Waals surface area contributed by atoms with Crippen molar-refractivity contribution >= 4 is 11.4 Å². The molecular formula is C11H16ClN3. The Morgan fingerprint density at radius 1 is 1.27 bits per heavy atom. The van der Waals surface area contributed by atoms with E-state index in [1.54, 1.807) is 0 Å². The van der Waals surface area contributed by atoms with Crippen LogP contribution < -0.4 is 17.3 Å². The molecule has 0 aliphatic rings. The maximum atomic E-state index is 8.62. The predicted molar refractivity (Wildman–Crippen MR) is 59.5 cm³/mol. The highest BCUT2D eigenvalue weighted by molar-refractivity contribution is 5.60. The molecule has 0 fully saturated rings. The highest BCUT2D eigenvalue weighted by atomic mass is 35.5. The summed E-state index contributed by atoms with van der Waals surface area (Å²) in [4.78, 5) is 5.44. The molecule has 15 heavy (non-hydrogen) atoms. The van der Waals surface area contributed by atoms with Gasteiger partial charge < -0.3 is 17.3 Å². The van der Waals surface area contributed by atoms with E-state index in [9.17, 15) is 0 Å². The van der Waals surface area contributed by atoms with Crippen LogP contribution in [0, 0.1) is 12.3 Å². The minimum Gasteiger partial charge on any atom is -1.00 e. The zero-order valence-electron chi connectivity index (χ0n) is 9.37. The lowest BCUT2D eigenvalue weighted by Gasteiger charge is -2.22. The number of anilines is 1. The van der Waals surface area contributed by atoms with E-state index in [0.29, 0.717) is 5.69 Å². The topological polar surface area (TPSA) is 31.4 Å². The Balaban J connectivity index is 0.00000196. The summed E-state index contributed by atoms with van der Waals surface area (Å²) in [6.45, 7) is 8.28. The predicted octanol–water partition coefficient (Wildman–Crippen LogP) is 0.330. The molecule has 0 saturated heterocycles. The van der Waals surface area contributed by atoms with Crippen LogP contribution in [0.4, 0.5) is 11.4 Å². The zero-order valence-corrected chi connectivity index (χ0v) is 10.1. The Bertz CT molecular complexity index is 353. The Labute approximate surface area is 97.1 Å². The van der Waals surface area contributed by atoms with Gasteiger partial charge in [0.05, 0.1) is 0 Å². The van der Waals surface area contributed by atoms with Crippen molar-refractivity contribution in [1.29, 1.82) is 5.39 Å². The molecule has 82 valence electrons. The van der Waals surface area contributed by atoms with Crippen LogP contribution in [-0.4, -0.2) is 13.1 Å². The smallest absolute Gasteiger partial charge is 0.385 e. The third-order valence-electron chi connectivity index (χ3n) is 2.40. The SMILES string of the molecule is CCN(CC)c1ccc([N+]#N)cc1C.[Cl-]. The van der Waals surface area contributed by atoms with Crippen molar-refractivity contribution in [3.8, 4) is 0 Å². The van der Waals surface area contributed by atoms with Gasteiger partial charge in [-0.05, 0) is 32.4 Å². The van der Waals surface area contributed by atoms with Crippen molar-refractivity contribution < 1.29 is 12.4 Å². The molecule has 3 nitrogen and oxygen atoms in total. The number of benzene rings is 1. The lowest BCUT2D eigenvalue weighted by Crippen LogP contribution is -3.00. The molecule has 4 heteroatoms. The van der Waals surface area contributed by atoms with Crippen LogP contribution in [0.5, 0.6) is 0 Å². The first-order chi connectivity index (χ1) is 6.72. The summed E-state index contributed by atoms with van der Waals surface area (Å²) >= 11 is 0. The molecule has 0 atom stereocenters. The fraction of sp³-hybridized carbons (Fsp3) is 0.455. The monoisotopic (exact) mass is 225 g/mol. The van der Waals surface area contributed by atoms with Gasteiger partial charge in [0.15, 0.2) is 4.98 Å².